The molecule has 0 aromatic carbocycles. The summed E-state index contributed by atoms with van der Waals surface area (Å²) in [5.41, 5.74) is 0. The van der Waals surface area contributed by atoms with Crippen LogP contribution >= 0.6 is 12.4 Å². The Kier molecular flexibility index (Phi) is 4.91. The normalized spacial score (nSPS) is 27.4. The van der Waals surface area contributed by atoms with Crippen molar-refractivity contribution in [2.24, 2.45) is 17.8 Å². The smallest absolute Gasteiger partial charge is 0.226 e. The van der Waals surface area contributed by atoms with E-state index in [0.717, 1.165) is 50.9 Å². The van der Waals surface area contributed by atoms with Gasteiger partial charge in [-0.15, -0.1) is 12.4 Å². The third kappa shape index (κ3) is 3.86. The van der Waals surface area contributed by atoms with Gasteiger partial charge >= 0.3 is 0 Å². The lowest BCUT2D eigenvalue weighted by atomic mass is 9.98. The maximum atomic E-state index is 12.5. The van der Waals surface area contributed by atoms with Crippen molar-refractivity contribution in [2.75, 3.05) is 26.2 Å². The number of nitrogens with zero attached hydrogens (tertiary/aromatic N) is 1. The van der Waals surface area contributed by atoms with Gasteiger partial charge in [0.25, 0.3) is 0 Å². The Balaban J connectivity index is 0.00000120. The molecule has 1 N–H and O–H groups in total. The Hall–Kier alpha value is -0.280. The van der Waals surface area contributed by atoms with Crippen molar-refractivity contribution in [3.63, 3.8) is 0 Å². The van der Waals surface area contributed by atoms with Gasteiger partial charge in [-0.25, -0.2) is 0 Å². The molecule has 1 amide bonds. The highest BCUT2D eigenvalue weighted by Gasteiger charge is 2.34. The molecule has 18 heavy (non-hydrogen) atoms. The Morgan fingerprint density at radius 1 is 1.06 bits per heavy atom. The van der Waals surface area contributed by atoms with Crippen molar-refractivity contribution in [3.8, 4) is 0 Å². The Labute approximate surface area is 116 Å². The molecule has 0 aromatic rings. The molecular formula is C14H25ClN2O. The van der Waals surface area contributed by atoms with E-state index in [1.54, 1.807) is 0 Å². The van der Waals surface area contributed by atoms with Crippen LogP contribution in [0.1, 0.15) is 38.5 Å². The van der Waals surface area contributed by atoms with E-state index in [-0.39, 0.29) is 18.3 Å². The minimum Gasteiger partial charge on any atom is -0.342 e. The van der Waals surface area contributed by atoms with E-state index in [1.165, 1.54) is 25.7 Å². The number of rotatable bonds is 5. The van der Waals surface area contributed by atoms with E-state index in [2.05, 4.69) is 10.2 Å². The first kappa shape index (κ1) is 14.1. The number of carbonyl (C=O) groups is 1. The van der Waals surface area contributed by atoms with Crippen LogP contribution < -0.4 is 5.32 Å². The van der Waals surface area contributed by atoms with Gasteiger partial charge in [0, 0.05) is 19.6 Å². The van der Waals surface area contributed by atoms with E-state index < -0.39 is 0 Å². The molecule has 104 valence electrons. The van der Waals surface area contributed by atoms with Crippen molar-refractivity contribution in [2.45, 2.75) is 38.5 Å². The summed E-state index contributed by atoms with van der Waals surface area (Å²) < 4.78 is 0. The molecular weight excluding hydrogens is 248 g/mol. The number of nitrogens with one attached hydrogen (secondary N) is 1. The molecule has 3 nitrogen and oxygen atoms in total. The molecule has 1 heterocycles. The molecule has 3 rings (SSSR count). The van der Waals surface area contributed by atoms with Crippen LogP contribution in [0, 0.1) is 17.8 Å². The van der Waals surface area contributed by atoms with Crippen molar-refractivity contribution in [3.05, 3.63) is 0 Å². The molecule has 3 fully saturated rings. The molecule has 4 heteroatoms. The maximum absolute atomic E-state index is 12.5. The average molecular weight is 273 g/mol. The molecule has 0 radical (unpaired) electrons. The van der Waals surface area contributed by atoms with E-state index >= 15 is 0 Å². The lowest BCUT2D eigenvalue weighted by Crippen LogP contribution is -2.44. The first-order valence-corrected chi connectivity index (χ1v) is 7.32. The van der Waals surface area contributed by atoms with Crippen molar-refractivity contribution >= 4 is 18.3 Å². The van der Waals surface area contributed by atoms with Crippen LogP contribution in [0.25, 0.3) is 0 Å². The molecule has 0 spiro atoms. The standard InChI is InChI=1S/C14H24N2O.ClH/c17-14(13-2-1-7-15-8-13)16(9-11-3-4-11)10-12-5-6-12;/h11-13,15H,1-10H2;1H. The molecule has 2 aliphatic carbocycles. The van der Waals surface area contributed by atoms with Crippen LogP contribution in [0.5, 0.6) is 0 Å². The van der Waals surface area contributed by atoms with Gasteiger partial charge in [0.2, 0.25) is 5.91 Å². The third-order valence-corrected chi connectivity index (χ3v) is 4.31. The van der Waals surface area contributed by atoms with Gasteiger partial charge < -0.3 is 10.2 Å². The lowest BCUT2D eigenvalue weighted by Gasteiger charge is -2.30. The van der Waals surface area contributed by atoms with E-state index in [0.29, 0.717) is 5.91 Å². The first-order chi connectivity index (χ1) is 8.33. The summed E-state index contributed by atoms with van der Waals surface area (Å²) in [6, 6.07) is 0. The Bertz CT molecular complexity index is 270. The average Bonchev–Trinajstić information content (AvgIpc) is 3.23. The minimum absolute atomic E-state index is 0. The van der Waals surface area contributed by atoms with Gasteiger partial charge in [-0.3, -0.25) is 4.79 Å². The number of piperidine rings is 1. The summed E-state index contributed by atoms with van der Waals surface area (Å²) >= 11 is 0. The highest BCUT2D eigenvalue weighted by atomic mass is 35.5. The summed E-state index contributed by atoms with van der Waals surface area (Å²) in [4.78, 5) is 14.7. The second-order valence-electron chi connectivity index (χ2n) is 6.17. The summed E-state index contributed by atoms with van der Waals surface area (Å²) in [5, 5.41) is 3.36. The minimum atomic E-state index is 0. The number of hydrogen-bond donors (Lipinski definition) is 1. The van der Waals surface area contributed by atoms with Crippen molar-refractivity contribution in [1.82, 2.24) is 10.2 Å². The highest BCUT2D eigenvalue weighted by molar-refractivity contribution is 5.85. The van der Waals surface area contributed by atoms with Crippen LogP contribution in [-0.2, 0) is 4.79 Å². The first-order valence-electron chi connectivity index (χ1n) is 7.32. The van der Waals surface area contributed by atoms with Crippen LogP contribution in [0.2, 0.25) is 0 Å². The molecule has 1 aliphatic heterocycles. The quantitative estimate of drug-likeness (QED) is 0.831. The fraction of sp³-hybridized carbons (Fsp3) is 0.929. The topological polar surface area (TPSA) is 32.3 Å². The van der Waals surface area contributed by atoms with Crippen LogP contribution in [0.3, 0.4) is 0 Å². The van der Waals surface area contributed by atoms with Gasteiger partial charge in [-0.1, -0.05) is 0 Å². The van der Waals surface area contributed by atoms with E-state index in [1.807, 2.05) is 0 Å². The second kappa shape index (κ2) is 6.25. The fourth-order valence-corrected chi connectivity index (χ4v) is 2.80. The molecule has 1 saturated heterocycles. The Morgan fingerprint density at radius 3 is 2.11 bits per heavy atom. The third-order valence-electron chi connectivity index (χ3n) is 4.31. The molecule has 1 unspecified atom stereocenters. The van der Waals surface area contributed by atoms with Gasteiger partial charge in [-0.2, -0.15) is 0 Å². The van der Waals surface area contributed by atoms with E-state index in [4.69, 9.17) is 0 Å². The summed E-state index contributed by atoms with van der Waals surface area (Å²) in [6.07, 6.45) is 7.64. The molecule has 2 saturated carbocycles. The molecule has 0 bridgehead atoms. The van der Waals surface area contributed by atoms with Gasteiger partial charge in [0.05, 0.1) is 5.92 Å². The number of carbonyl (C=O) groups excluding carboxylic acids is 1. The van der Waals surface area contributed by atoms with Gasteiger partial charge in [0.1, 0.15) is 0 Å². The zero-order valence-electron chi connectivity index (χ0n) is 11.1. The van der Waals surface area contributed by atoms with Crippen LogP contribution in [0.15, 0.2) is 0 Å². The highest BCUT2D eigenvalue weighted by Crippen LogP contribution is 2.34. The zero-order chi connectivity index (χ0) is 11.7. The second-order valence-corrected chi connectivity index (χ2v) is 6.17. The van der Waals surface area contributed by atoms with Gasteiger partial charge in [0.15, 0.2) is 0 Å². The number of hydrogen-bond acceptors (Lipinski definition) is 2. The summed E-state index contributed by atoms with van der Waals surface area (Å²) in [6.45, 7) is 4.09. The molecule has 1 atom stereocenters. The molecule has 0 aromatic heterocycles. The molecule has 3 aliphatic rings. The van der Waals surface area contributed by atoms with Crippen LogP contribution in [-0.4, -0.2) is 37.0 Å². The van der Waals surface area contributed by atoms with Crippen LogP contribution in [0.4, 0.5) is 0 Å². The lowest BCUT2D eigenvalue weighted by molar-refractivity contribution is -0.136. The summed E-state index contributed by atoms with van der Waals surface area (Å²) in [7, 11) is 0. The summed E-state index contributed by atoms with van der Waals surface area (Å²) in [5.74, 6) is 2.36. The maximum Gasteiger partial charge on any atom is 0.226 e. The predicted octanol–water partition coefficient (Wildman–Crippen LogP) is 2.06. The van der Waals surface area contributed by atoms with Crippen molar-refractivity contribution in [1.29, 1.82) is 0 Å². The monoisotopic (exact) mass is 272 g/mol. The Morgan fingerprint density at radius 2 is 1.67 bits per heavy atom. The predicted molar refractivity (Wildman–Crippen MR) is 74.9 cm³/mol. The number of amides is 1. The SMILES string of the molecule is Cl.O=C(C1CCCNC1)N(CC1CC1)CC1CC1. The number of halogens is 1. The van der Waals surface area contributed by atoms with Crippen molar-refractivity contribution < 1.29 is 4.79 Å². The van der Waals surface area contributed by atoms with E-state index in [9.17, 15) is 4.79 Å². The fourth-order valence-electron chi connectivity index (χ4n) is 2.80. The van der Waals surface area contributed by atoms with Gasteiger partial charge in [-0.05, 0) is 56.9 Å². The zero-order valence-corrected chi connectivity index (χ0v) is 11.9. The largest absolute Gasteiger partial charge is 0.342 e.